The van der Waals surface area contributed by atoms with E-state index in [0.29, 0.717) is 0 Å². The molecule has 0 fully saturated rings. The predicted octanol–water partition coefficient (Wildman–Crippen LogP) is -3.30. The van der Waals surface area contributed by atoms with E-state index in [1.165, 1.54) is 6.92 Å². The lowest BCUT2D eigenvalue weighted by atomic mass is 10.2. The number of aliphatic carboxylic acids is 1. The van der Waals surface area contributed by atoms with E-state index in [-0.39, 0.29) is 19.1 Å². The molecule has 9 nitrogen and oxygen atoms in total. The largest absolute Gasteiger partial charge is 0.480 e. The second-order valence-electron chi connectivity index (χ2n) is 4.11. The molecule has 0 radical (unpaired) electrons. The van der Waals surface area contributed by atoms with Gasteiger partial charge < -0.3 is 32.9 Å². The van der Waals surface area contributed by atoms with Crippen LogP contribution in [0.15, 0.2) is 0 Å². The van der Waals surface area contributed by atoms with Gasteiger partial charge >= 0.3 is 5.97 Å². The Bertz CT molecular complexity index is 332. The van der Waals surface area contributed by atoms with E-state index in [1.807, 2.05) is 0 Å². The summed E-state index contributed by atoms with van der Waals surface area (Å²) in [4.78, 5) is 33.5. The number of carbonyl (C=O) groups excluding carboxylic acids is 2. The maximum absolute atomic E-state index is 11.6. The minimum Gasteiger partial charge on any atom is -0.480 e. The molecular weight excluding hydrogens is 254 g/mol. The van der Waals surface area contributed by atoms with Crippen LogP contribution in [0.4, 0.5) is 0 Å². The van der Waals surface area contributed by atoms with Crippen molar-refractivity contribution in [3.8, 4) is 0 Å². The lowest BCUT2D eigenvalue weighted by Gasteiger charge is -2.19. The van der Waals surface area contributed by atoms with Crippen molar-refractivity contribution >= 4 is 17.8 Å². The lowest BCUT2D eigenvalue weighted by molar-refractivity contribution is -0.140. The van der Waals surface area contributed by atoms with Gasteiger partial charge in [-0.25, -0.2) is 0 Å². The van der Waals surface area contributed by atoms with Crippen molar-refractivity contribution in [3.05, 3.63) is 0 Å². The van der Waals surface area contributed by atoms with Gasteiger partial charge in [0.05, 0.1) is 12.5 Å². The standard InChI is InChI=1S/C10H21N5O4/c1-5(9(17)15-6(3-11)4-12)14-8(16)2-7(13)10(18)19/h5-7H,2-4,11-13H2,1H3,(H,14,16)(H,15,17)(H,18,19)/t5-,7-/m0/s1. The zero-order valence-electron chi connectivity index (χ0n) is 10.8. The second-order valence-corrected chi connectivity index (χ2v) is 4.11. The summed E-state index contributed by atoms with van der Waals surface area (Å²) < 4.78 is 0. The average molecular weight is 275 g/mol. The minimum atomic E-state index is -1.30. The molecular formula is C10H21N5O4. The van der Waals surface area contributed by atoms with Gasteiger partial charge in [-0.1, -0.05) is 0 Å². The summed E-state index contributed by atoms with van der Waals surface area (Å²) in [6.07, 6.45) is -0.399. The van der Waals surface area contributed by atoms with Crippen molar-refractivity contribution in [2.24, 2.45) is 17.2 Å². The van der Waals surface area contributed by atoms with Gasteiger partial charge in [0.25, 0.3) is 0 Å². The van der Waals surface area contributed by atoms with Crippen LogP contribution >= 0.6 is 0 Å². The maximum atomic E-state index is 11.6. The van der Waals surface area contributed by atoms with Gasteiger partial charge in [0.15, 0.2) is 0 Å². The molecule has 0 aromatic carbocycles. The minimum absolute atomic E-state index is 0.187. The van der Waals surface area contributed by atoms with Crippen LogP contribution in [0.1, 0.15) is 13.3 Å². The van der Waals surface area contributed by atoms with Gasteiger partial charge in [-0.2, -0.15) is 0 Å². The number of hydrogen-bond acceptors (Lipinski definition) is 6. The molecule has 0 spiro atoms. The molecule has 0 aliphatic carbocycles. The smallest absolute Gasteiger partial charge is 0.321 e. The molecule has 2 atom stereocenters. The summed E-state index contributed by atoms with van der Waals surface area (Å²) in [5, 5.41) is 13.4. The van der Waals surface area contributed by atoms with E-state index in [2.05, 4.69) is 10.6 Å². The van der Waals surface area contributed by atoms with E-state index in [0.717, 1.165) is 0 Å². The van der Waals surface area contributed by atoms with Gasteiger partial charge in [-0.3, -0.25) is 14.4 Å². The molecule has 9 N–H and O–H groups in total. The van der Waals surface area contributed by atoms with Crippen molar-refractivity contribution < 1.29 is 19.5 Å². The molecule has 0 aliphatic rings. The van der Waals surface area contributed by atoms with Crippen LogP contribution in [0.3, 0.4) is 0 Å². The summed E-state index contributed by atoms with van der Waals surface area (Å²) in [5.41, 5.74) is 15.9. The summed E-state index contributed by atoms with van der Waals surface area (Å²) in [7, 11) is 0. The third-order valence-corrected chi connectivity index (χ3v) is 2.41. The van der Waals surface area contributed by atoms with Crippen LogP contribution < -0.4 is 27.8 Å². The number of carboxylic acid groups (broad SMARTS) is 1. The van der Waals surface area contributed by atoms with Gasteiger partial charge in [-0.05, 0) is 6.92 Å². The molecule has 0 rings (SSSR count). The monoisotopic (exact) mass is 275 g/mol. The normalized spacial score (nSPS) is 13.7. The number of amides is 2. The molecule has 0 saturated heterocycles. The van der Waals surface area contributed by atoms with E-state index in [9.17, 15) is 14.4 Å². The molecule has 0 unspecified atom stereocenters. The molecule has 19 heavy (non-hydrogen) atoms. The maximum Gasteiger partial charge on any atom is 0.321 e. The first kappa shape index (κ1) is 17.3. The quantitative estimate of drug-likeness (QED) is 0.269. The highest BCUT2D eigenvalue weighted by molar-refractivity contribution is 5.89. The van der Waals surface area contributed by atoms with E-state index < -0.39 is 36.3 Å². The van der Waals surface area contributed by atoms with Crippen molar-refractivity contribution in [2.45, 2.75) is 31.5 Å². The van der Waals surface area contributed by atoms with Crippen molar-refractivity contribution in [3.63, 3.8) is 0 Å². The number of carbonyl (C=O) groups is 3. The van der Waals surface area contributed by atoms with Crippen LogP contribution in [0, 0.1) is 0 Å². The summed E-state index contributed by atoms with van der Waals surface area (Å²) >= 11 is 0. The van der Waals surface area contributed by atoms with Crippen LogP contribution in [0.2, 0.25) is 0 Å². The molecule has 0 saturated carbocycles. The van der Waals surface area contributed by atoms with Crippen LogP contribution in [-0.4, -0.2) is 54.1 Å². The van der Waals surface area contributed by atoms with E-state index >= 15 is 0 Å². The number of carboxylic acids is 1. The zero-order valence-corrected chi connectivity index (χ0v) is 10.8. The number of hydrogen-bond donors (Lipinski definition) is 6. The van der Waals surface area contributed by atoms with Gasteiger partial charge in [0, 0.05) is 13.1 Å². The molecule has 0 bridgehead atoms. The van der Waals surface area contributed by atoms with E-state index in [1.54, 1.807) is 0 Å². The van der Waals surface area contributed by atoms with E-state index in [4.69, 9.17) is 22.3 Å². The summed E-state index contributed by atoms with van der Waals surface area (Å²) in [6, 6.07) is -2.49. The molecule has 2 amide bonds. The molecule has 9 heteroatoms. The van der Waals surface area contributed by atoms with Crippen LogP contribution in [0.5, 0.6) is 0 Å². The van der Waals surface area contributed by atoms with Crippen LogP contribution in [-0.2, 0) is 14.4 Å². The first-order chi connectivity index (χ1) is 8.81. The third-order valence-electron chi connectivity index (χ3n) is 2.41. The second kappa shape index (κ2) is 8.40. The van der Waals surface area contributed by atoms with Crippen molar-refractivity contribution in [1.82, 2.24) is 10.6 Å². The van der Waals surface area contributed by atoms with Crippen molar-refractivity contribution in [2.75, 3.05) is 13.1 Å². The molecule has 0 aromatic rings. The van der Waals surface area contributed by atoms with Crippen molar-refractivity contribution in [1.29, 1.82) is 0 Å². The highest BCUT2D eigenvalue weighted by Crippen LogP contribution is 1.91. The Morgan fingerprint density at radius 1 is 1.16 bits per heavy atom. The first-order valence-corrected chi connectivity index (χ1v) is 5.80. The lowest BCUT2D eigenvalue weighted by Crippen LogP contribution is -2.52. The number of nitrogens with two attached hydrogens (primary N) is 3. The molecule has 0 aromatic heterocycles. The Balaban J connectivity index is 4.21. The van der Waals surface area contributed by atoms with Gasteiger partial charge in [-0.15, -0.1) is 0 Å². The molecule has 0 aliphatic heterocycles. The number of rotatable bonds is 8. The highest BCUT2D eigenvalue weighted by atomic mass is 16.4. The molecule has 0 heterocycles. The first-order valence-electron chi connectivity index (χ1n) is 5.80. The summed E-state index contributed by atoms with van der Waals surface area (Å²) in [6.45, 7) is 1.84. The third kappa shape index (κ3) is 6.70. The average Bonchev–Trinajstić information content (AvgIpc) is 2.34. The van der Waals surface area contributed by atoms with Gasteiger partial charge in [0.2, 0.25) is 11.8 Å². The number of nitrogens with one attached hydrogen (secondary N) is 2. The molecule has 110 valence electrons. The Morgan fingerprint density at radius 3 is 2.11 bits per heavy atom. The SMILES string of the molecule is C[C@H](NC(=O)C[C@H](N)C(=O)O)C(=O)NC(CN)CN. The fraction of sp³-hybridized carbons (Fsp3) is 0.700. The fourth-order valence-electron chi connectivity index (χ4n) is 1.19. The zero-order chi connectivity index (χ0) is 15.0. The Hall–Kier alpha value is -1.71. The fourth-order valence-corrected chi connectivity index (χ4v) is 1.19. The summed E-state index contributed by atoms with van der Waals surface area (Å²) in [5.74, 6) is -2.34. The Labute approximate surface area is 110 Å². The van der Waals surface area contributed by atoms with Gasteiger partial charge in [0.1, 0.15) is 12.1 Å². The Kier molecular flexibility index (Phi) is 7.65. The topological polar surface area (TPSA) is 174 Å². The predicted molar refractivity (Wildman–Crippen MR) is 67.9 cm³/mol. The Morgan fingerprint density at radius 2 is 1.68 bits per heavy atom. The highest BCUT2D eigenvalue weighted by Gasteiger charge is 2.21. The van der Waals surface area contributed by atoms with Crippen LogP contribution in [0.25, 0.3) is 0 Å².